The van der Waals surface area contributed by atoms with Gasteiger partial charge in [-0.2, -0.15) is 5.26 Å². The summed E-state index contributed by atoms with van der Waals surface area (Å²) in [6.07, 6.45) is 2.93. The van der Waals surface area contributed by atoms with Crippen molar-refractivity contribution in [3.8, 4) is 6.07 Å². The molecule has 2 aromatic rings. The van der Waals surface area contributed by atoms with Crippen LogP contribution in [-0.2, 0) is 9.59 Å². The second-order valence-corrected chi connectivity index (χ2v) is 7.96. The number of nitrogens with zero attached hydrogens (tertiary/aromatic N) is 3. The maximum Gasteiger partial charge on any atom is 0.279 e. The number of pyridine rings is 1. The van der Waals surface area contributed by atoms with Crippen molar-refractivity contribution in [2.24, 2.45) is 11.8 Å². The maximum atomic E-state index is 13.0. The molecule has 1 fully saturated rings. The average molecular weight is 398 g/mol. The topological polar surface area (TPSA) is 133 Å². The molecule has 0 bridgehead atoms. The van der Waals surface area contributed by atoms with Crippen molar-refractivity contribution >= 4 is 22.8 Å². The smallest absolute Gasteiger partial charge is 0.279 e. The summed E-state index contributed by atoms with van der Waals surface area (Å²) in [5, 5.41) is 14.9. The standard InChI is InChI=1S/C20H26N6O3/c1-11(2)8-16(26-7-5-15-17(20(26)29)24-12(3)23-15)19(28)25-14(10-21)9-13-4-6-22-18(13)27/h5,7,11,13-14,16H,4,6,8-9H2,1-3H3,(H,22,27)(H,23,24)(H,25,28)/t13-,14-,16?/m0/s1. The molecule has 29 heavy (non-hydrogen) atoms. The third-order valence-corrected chi connectivity index (χ3v) is 5.18. The lowest BCUT2D eigenvalue weighted by Gasteiger charge is -2.23. The van der Waals surface area contributed by atoms with Gasteiger partial charge in [0.05, 0.1) is 11.6 Å². The van der Waals surface area contributed by atoms with Crippen molar-refractivity contribution in [1.29, 1.82) is 5.26 Å². The summed E-state index contributed by atoms with van der Waals surface area (Å²) in [6, 6.07) is 2.24. The van der Waals surface area contributed by atoms with Crippen molar-refractivity contribution in [1.82, 2.24) is 25.2 Å². The number of hydrogen-bond donors (Lipinski definition) is 3. The number of carbonyl (C=O) groups excluding carboxylic acids is 2. The van der Waals surface area contributed by atoms with Crippen LogP contribution in [0.1, 0.15) is 45.0 Å². The van der Waals surface area contributed by atoms with Crippen LogP contribution in [0.15, 0.2) is 17.1 Å². The molecule has 3 atom stereocenters. The molecule has 9 heteroatoms. The molecule has 1 aliphatic rings. The molecule has 1 unspecified atom stereocenters. The van der Waals surface area contributed by atoms with E-state index in [2.05, 4.69) is 26.7 Å². The number of aromatic nitrogens is 3. The van der Waals surface area contributed by atoms with Crippen LogP contribution in [0.4, 0.5) is 0 Å². The predicted octanol–water partition coefficient (Wildman–Crippen LogP) is 1.15. The van der Waals surface area contributed by atoms with Crippen molar-refractivity contribution < 1.29 is 9.59 Å². The highest BCUT2D eigenvalue weighted by Gasteiger charge is 2.30. The first kappa shape index (κ1) is 20.6. The van der Waals surface area contributed by atoms with Gasteiger partial charge in [0.1, 0.15) is 17.9 Å². The number of H-pyrrole nitrogens is 1. The van der Waals surface area contributed by atoms with Crippen LogP contribution in [-0.4, -0.2) is 38.9 Å². The molecule has 0 aliphatic carbocycles. The molecule has 3 heterocycles. The molecule has 0 aromatic carbocycles. The van der Waals surface area contributed by atoms with Crippen molar-refractivity contribution in [3.63, 3.8) is 0 Å². The van der Waals surface area contributed by atoms with Gasteiger partial charge >= 0.3 is 0 Å². The van der Waals surface area contributed by atoms with Crippen LogP contribution in [0.25, 0.3) is 11.0 Å². The van der Waals surface area contributed by atoms with E-state index in [4.69, 9.17) is 0 Å². The number of nitrogens with one attached hydrogen (secondary N) is 3. The fraction of sp³-hybridized carbons (Fsp3) is 0.550. The number of hydrogen-bond acceptors (Lipinski definition) is 5. The lowest BCUT2D eigenvalue weighted by molar-refractivity contribution is -0.126. The van der Waals surface area contributed by atoms with E-state index in [0.29, 0.717) is 30.7 Å². The lowest BCUT2D eigenvalue weighted by atomic mass is 9.98. The molecule has 2 aromatic heterocycles. The second-order valence-electron chi connectivity index (χ2n) is 7.96. The third-order valence-electron chi connectivity index (χ3n) is 5.18. The van der Waals surface area contributed by atoms with Crippen LogP contribution in [0.3, 0.4) is 0 Å². The van der Waals surface area contributed by atoms with E-state index in [1.165, 1.54) is 4.57 Å². The van der Waals surface area contributed by atoms with Gasteiger partial charge < -0.3 is 20.2 Å². The van der Waals surface area contributed by atoms with Gasteiger partial charge in [0.25, 0.3) is 5.56 Å². The number of rotatable bonds is 7. The Kier molecular flexibility index (Phi) is 6.01. The number of carbonyl (C=O) groups is 2. The number of aromatic amines is 1. The molecular formula is C20H26N6O3. The Hall–Kier alpha value is -3.15. The Labute approximate surface area is 168 Å². The van der Waals surface area contributed by atoms with Crippen molar-refractivity contribution in [2.75, 3.05) is 6.54 Å². The van der Waals surface area contributed by atoms with E-state index in [1.807, 2.05) is 13.8 Å². The minimum absolute atomic E-state index is 0.0891. The van der Waals surface area contributed by atoms with Gasteiger partial charge in [-0.05, 0) is 38.2 Å². The van der Waals surface area contributed by atoms with Gasteiger partial charge in [0.2, 0.25) is 11.8 Å². The molecule has 0 radical (unpaired) electrons. The molecule has 0 saturated carbocycles. The largest absolute Gasteiger partial charge is 0.356 e. The van der Waals surface area contributed by atoms with Gasteiger partial charge in [-0.25, -0.2) is 4.98 Å². The Balaban J connectivity index is 1.85. The molecule has 1 aliphatic heterocycles. The molecule has 9 nitrogen and oxygen atoms in total. The zero-order chi connectivity index (χ0) is 21.1. The predicted molar refractivity (Wildman–Crippen MR) is 107 cm³/mol. The first-order valence-electron chi connectivity index (χ1n) is 9.85. The number of nitriles is 1. The number of imidazole rings is 1. The summed E-state index contributed by atoms with van der Waals surface area (Å²) in [4.78, 5) is 45.0. The number of aryl methyl sites for hydroxylation is 1. The van der Waals surface area contributed by atoms with Crippen LogP contribution in [0.5, 0.6) is 0 Å². The van der Waals surface area contributed by atoms with Gasteiger partial charge in [-0.15, -0.1) is 0 Å². The molecular weight excluding hydrogens is 372 g/mol. The molecule has 3 rings (SSSR count). The Morgan fingerprint density at radius 2 is 2.21 bits per heavy atom. The monoisotopic (exact) mass is 398 g/mol. The summed E-state index contributed by atoms with van der Waals surface area (Å²) >= 11 is 0. The summed E-state index contributed by atoms with van der Waals surface area (Å²) < 4.78 is 1.38. The fourth-order valence-electron chi connectivity index (χ4n) is 3.74. The third kappa shape index (κ3) is 4.47. The zero-order valence-electron chi connectivity index (χ0n) is 16.9. The Morgan fingerprint density at radius 3 is 2.83 bits per heavy atom. The van der Waals surface area contributed by atoms with Gasteiger partial charge in [0, 0.05) is 18.7 Å². The van der Waals surface area contributed by atoms with Crippen LogP contribution >= 0.6 is 0 Å². The highest BCUT2D eigenvalue weighted by molar-refractivity contribution is 5.83. The fourth-order valence-corrected chi connectivity index (χ4v) is 3.74. The van der Waals surface area contributed by atoms with Gasteiger partial charge in [0.15, 0.2) is 5.52 Å². The minimum Gasteiger partial charge on any atom is -0.356 e. The molecule has 2 amide bonds. The highest BCUT2D eigenvalue weighted by Crippen LogP contribution is 2.20. The van der Waals surface area contributed by atoms with E-state index in [1.54, 1.807) is 19.2 Å². The summed E-state index contributed by atoms with van der Waals surface area (Å²) in [7, 11) is 0. The quantitative estimate of drug-likeness (QED) is 0.644. The Morgan fingerprint density at radius 1 is 1.45 bits per heavy atom. The number of fused-ring (bicyclic) bond motifs is 1. The minimum atomic E-state index is -0.793. The maximum absolute atomic E-state index is 13.0. The van der Waals surface area contributed by atoms with Gasteiger partial charge in [-0.1, -0.05) is 13.8 Å². The highest BCUT2D eigenvalue weighted by atomic mass is 16.2. The summed E-state index contributed by atoms with van der Waals surface area (Å²) in [5.74, 6) is -0.00437. The SMILES string of the molecule is Cc1nc2c(=O)n(C(CC(C)C)C(=O)N[C@H](C#N)C[C@@H]3CCNC3=O)ccc2[nH]1. The molecule has 154 valence electrons. The first-order valence-corrected chi connectivity index (χ1v) is 9.85. The van der Waals surface area contributed by atoms with E-state index in [-0.39, 0.29) is 35.2 Å². The number of amides is 2. The average Bonchev–Trinajstić information content (AvgIpc) is 3.25. The van der Waals surface area contributed by atoms with E-state index in [0.717, 1.165) is 0 Å². The van der Waals surface area contributed by atoms with E-state index < -0.39 is 18.0 Å². The van der Waals surface area contributed by atoms with E-state index in [9.17, 15) is 19.6 Å². The zero-order valence-corrected chi connectivity index (χ0v) is 16.9. The Bertz CT molecular complexity index is 1020. The van der Waals surface area contributed by atoms with Crippen LogP contribution in [0, 0.1) is 30.1 Å². The van der Waals surface area contributed by atoms with Crippen molar-refractivity contribution in [2.45, 2.75) is 52.1 Å². The summed E-state index contributed by atoms with van der Waals surface area (Å²) in [5.41, 5.74) is 0.553. The second kappa shape index (κ2) is 8.47. The van der Waals surface area contributed by atoms with Crippen LogP contribution in [0.2, 0.25) is 0 Å². The lowest BCUT2D eigenvalue weighted by Crippen LogP contribution is -2.43. The molecule has 0 spiro atoms. The van der Waals surface area contributed by atoms with Crippen molar-refractivity contribution in [3.05, 3.63) is 28.4 Å². The van der Waals surface area contributed by atoms with E-state index >= 15 is 0 Å². The van der Waals surface area contributed by atoms with Crippen LogP contribution < -0.4 is 16.2 Å². The summed E-state index contributed by atoms with van der Waals surface area (Å²) in [6.45, 7) is 6.28. The van der Waals surface area contributed by atoms with Gasteiger partial charge in [-0.3, -0.25) is 14.4 Å². The molecule has 1 saturated heterocycles. The molecule has 3 N–H and O–H groups in total. The first-order chi connectivity index (χ1) is 13.8. The normalized spacial score (nSPS) is 18.4.